The van der Waals surface area contributed by atoms with E-state index in [1.54, 1.807) is 0 Å². The average Bonchev–Trinajstić information content (AvgIpc) is 2.54. The molecule has 0 saturated heterocycles. The van der Waals surface area contributed by atoms with Crippen molar-refractivity contribution in [2.24, 2.45) is 5.90 Å². The molecule has 0 amide bonds. The van der Waals surface area contributed by atoms with E-state index in [0.29, 0.717) is 19.4 Å². The van der Waals surface area contributed by atoms with Crippen molar-refractivity contribution in [3.8, 4) is 0 Å². The van der Waals surface area contributed by atoms with Crippen molar-refractivity contribution in [3.63, 3.8) is 0 Å². The van der Waals surface area contributed by atoms with Gasteiger partial charge in [-0.15, -0.1) is 4.67 Å². The smallest absolute Gasteiger partial charge is 0.352 e. The molecule has 1 aromatic carbocycles. The summed E-state index contributed by atoms with van der Waals surface area (Å²) < 4.78 is 22.0. The Morgan fingerprint density at radius 3 is 2.35 bits per heavy atom. The maximum atomic E-state index is 11.3. The molecule has 0 radical (unpaired) electrons. The first-order chi connectivity index (χ1) is 10.9. The standard InChI is InChI=1S/C15H26NO6P/c1-4-15(5-2,19-11-13-9-7-6-8-10-13)14(12-20-16)21-22-23(3,17)18/h6-10,14H,4-5,11-12,16H2,1-3H3,(H,17,18). The third kappa shape index (κ3) is 6.69. The van der Waals surface area contributed by atoms with Crippen molar-refractivity contribution in [3.05, 3.63) is 35.9 Å². The lowest BCUT2D eigenvalue weighted by atomic mass is 9.90. The van der Waals surface area contributed by atoms with Crippen LogP contribution in [0.15, 0.2) is 30.3 Å². The van der Waals surface area contributed by atoms with Gasteiger partial charge in [0.05, 0.1) is 12.2 Å². The van der Waals surface area contributed by atoms with Crippen LogP contribution in [0.2, 0.25) is 0 Å². The average molecular weight is 347 g/mol. The Kier molecular flexibility index (Phi) is 8.36. The van der Waals surface area contributed by atoms with E-state index in [2.05, 4.69) is 9.51 Å². The summed E-state index contributed by atoms with van der Waals surface area (Å²) in [5.74, 6) is 5.16. The molecule has 0 aliphatic carbocycles. The Morgan fingerprint density at radius 1 is 1.26 bits per heavy atom. The number of ether oxygens (including phenoxy) is 1. The highest BCUT2D eigenvalue weighted by Gasteiger charge is 2.40. The zero-order valence-corrected chi connectivity index (χ0v) is 14.7. The first-order valence-corrected chi connectivity index (χ1v) is 9.54. The molecule has 7 nitrogen and oxygen atoms in total. The molecule has 2 atom stereocenters. The normalized spacial score (nSPS) is 16.0. The maximum Gasteiger partial charge on any atom is 0.352 e. The van der Waals surface area contributed by atoms with Crippen molar-refractivity contribution in [1.29, 1.82) is 0 Å². The molecule has 8 heteroatoms. The van der Waals surface area contributed by atoms with Crippen molar-refractivity contribution in [2.45, 2.75) is 45.0 Å². The summed E-state index contributed by atoms with van der Waals surface area (Å²) in [6.45, 7) is 5.25. The summed E-state index contributed by atoms with van der Waals surface area (Å²) in [6, 6.07) is 9.69. The monoisotopic (exact) mass is 347 g/mol. The molecule has 0 bridgehead atoms. The van der Waals surface area contributed by atoms with Crippen LogP contribution in [0.4, 0.5) is 0 Å². The van der Waals surface area contributed by atoms with Gasteiger partial charge in [-0.3, -0.25) is 4.57 Å². The second-order valence-corrected chi connectivity index (χ2v) is 7.10. The molecule has 1 aromatic rings. The summed E-state index contributed by atoms with van der Waals surface area (Å²) in [7, 11) is -3.78. The summed E-state index contributed by atoms with van der Waals surface area (Å²) in [4.78, 5) is 19.1. The number of hydrogen-bond donors (Lipinski definition) is 2. The molecule has 0 fully saturated rings. The topological polar surface area (TPSA) is 100 Å². The molecule has 0 aliphatic heterocycles. The van der Waals surface area contributed by atoms with Crippen LogP contribution in [-0.2, 0) is 30.3 Å². The van der Waals surface area contributed by atoms with Gasteiger partial charge in [0, 0.05) is 6.66 Å². The van der Waals surface area contributed by atoms with Gasteiger partial charge < -0.3 is 14.5 Å². The van der Waals surface area contributed by atoms with Crippen LogP contribution in [0.1, 0.15) is 32.3 Å². The van der Waals surface area contributed by atoms with E-state index >= 15 is 0 Å². The van der Waals surface area contributed by atoms with Gasteiger partial charge in [0.15, 0.2) is 0 Å². The van der Waals surface area contributed by atoms with Gasteiger partial charge in [-0.2, -0.15) is 0 Å². The molecule has 0 aliphatic rings. The minimum atomic E-state index is -3.78. The molecule has 0 saturated carbocycles. The van der Waals surface area contributed by atoms with E-state index in [1.807, 2.05) is 44.2 Å². The largest absolute Gasteiger partial charge is 0.367 e. The van der Waals surface area contributed by atoms with Gasteiger partial charge in [0.25, 0.3) is 0 Å². The molecule has 1 rings (SSSR count). The summed E-state index contributed by atoms with van der Waals surface area (Å²) in [6.07, 6.45) is 0.437. The lowest BCUT2D eigenvalue weighted by Crippen LogP contribution is -2.48. The second-order valence-electron chi connectivity index (χ2n) is 5.34. The Bertz CT molecular complexity index is 488. The molecule has 2 unspecified atom stereocenters. The van der Waals surface area contributed by atoms with E-state index in [0.717, 1.165) is 12.2 Å². The fourth-order valence-electron chi connectivity index (χ4n) is 2.29. The lowest BCUT2D eigenvalue weighted by molar-refractivity contribution is -0.310. The Morgan fingerprint density at radius 2 is 1.87 bits per heavy atom. The van der Waals surface area contributed by atoms with Gasteiger partial charge in [0.2, 0.25) is 0 Å². The molecule has 0 aromatic heterocycles. The van der Waals surface area contributed by atoms with E-state index < -0.39 is 19.3 Å². The van der Waals surface area contributed by atoms with Crippen LogP contribution in [0.5, 0.6) is 0 Å². The Labute approximate surface area is 137 Å². The number of hydrogen-bond acceptors (Lipinski definition) is 6. The third-order valence-electron chi connectivity index (χ3n) is 3.70. The molecule has 0 heterocycles. The first-order valence-electron chi connectivity index (χ1n) is 7.51. The Hall–Kier alpha value is -0.790. The first kappa shape index (κ1) is 20.3. The number of rotatable bonds is 11. The summed E-state index contributed by atoms with van der Waals surface area (Å²) in [5, 5.41) is 0. The summed E-state index contributed by atoms with van der Waals surface area (Å²) >= 11 is 0. The van der Waals surface area contributed by atoms with E-state index in [4.69, 9.17) is 15.5 Å². The van der Waals surface area contributed by atoms with Crippen LogP contribution in [-0.4, -0.2) is 29.9 Å². The van der Waals surface area contributed by atoms with Crippen LogP contribution >= 0.6 is 7.60 Å². The predicted molar refractivity (Wildman–Crippen MR) is 86.4 cm³/mol. The van der Waals surface area contributed by atoms with Crippen LogP contribution < -0.4 is 5.90 Å². The van der Waals surface area contributed by atoms with E-state index in [-0.39, 0.29) is 6.61 Å². The lowest BCUT2D eigenvalue weighted by Gasteiger charge is -2.37. The number of nitrogens with two attached hydrogens (primary N) is 1. The minimum absolute atomic E-state index is 0.0313. The van der Waals surface area contributed by atoms with Crippen LogP contribution in [0.3, 0.4) is 0 Å². The fraction of sp³-hybridized carbons (Fsp3) is 0.600. The van der Waals surface area contributed by atoms with Gasteiger partial charge in [-0.25, -0.2) is 10.8 Å². The quantitative estimate of drug-likeness (QED) is 0.361. The van der Waals surface area contributed by atoms with Crippen molar-refractivity contribution < 1.29 is 28.6 Å². The van der Waals surface area contributed by atoms with Crippen LogP contribution in [0, 0.1) is 0 Å². The molecule has 132 valence electrons. The highest BCUT2D eigenvalue weighted by atomic mass is 31.2. The fourth-order valence-corrected chi connectivity index (χ4v) is 2.55. The van der Waals surface area contributed by atoms with E-state index in [1.165, 1.54) is 0 Å². The van der Waals surface area contributed by atoms with Gasteiger partial charge in [-0.05, 0) is 18.4 Å². The van der Waals surface area contributed by atoms with Crippen molar-refractivity contribution >= 4 is 7.60 Å². The van der Waals surface area contributed by atoms with Gasteiger partial charge in [0.1, 0.15) is 12.7 Å². The minimum Gasteiger partial charge on any atom is -0.367 e. The number of benzene rings is 1. The van der Waals surface area contributed by atoms with E-state index in [9.17, 15) is 9.46 Å². The predicted octanol–water partition coefficient (Wildman–Crippen LogP) is 2.78. The zero-order chi connectivity index (χ0) is 17.3. The van der Waals surface area contributed by atoms with Crippen molar-refractivity contribution in [1.82, 2.24) is 0 Å². The zero-order valence-electron chi connectivity index (χ0n) is 13.8. The van der Waals surface area contributed by atoms with Gasteiger partial charge >= 0.3 is 7.60 Å². The molecular formula is C15H26NO6P. The van der Waals surface area contributed by atoms with Crippen molar-refractivity contribution in [2.75, 3.05) is 13.3 Å². The summed E-state index contributed by atoms with van der Waals surface area (Å²) in [5.41, 5.74) is 0.250. The molecule has 23 heavy (non-hydrogen) atoms. The third-order valence-corrected chi connectivity index (χ3v) is 4.06. The van der Waals surface area contributed by atoms with Crippen LogP contribution in [0.25, 0.3) is 0 Å². The highest BCUT2D eigenvalue weighted by Crippen LogP contribution is 2.39. The molecular weight excluding hydrogens is 321 g/mol. The Balaban J connectivity index is 2.85. The molecule has 3 N–H and O–H groups in total. The SMILES string of the molecule is CCC(CC)(OCc1ccccc1)C(CON)OOP(C)(=O)O. The maximum absolute atomic E-state index is 11.3. The highest BCUT2D eigenvalue weighted by molar-refractivity contribution is 7.51. The van der Waals surface area contributed by atoms with Gasteiger partial charge in [-0.1, -0.05) is 44.2 Å². The second kappa shape index (κ2) is 9.49. The molecule has 0 spiro atoms.